The maximum absolute atomic E-state index is 12.1. The number of anilines is 2. The van der Waals surface area contributed by atoms with Crippen LogP contribution in [-0.4, -0.2) is 32.9 Å². The van der Waals surface area contributed by atoms with E-state index in [9.17, 15) is 14.9 Å². The zero-order valence-corrected chi connectivity index (χ0v) is 17.6. The van der Waals surface area contributed by atoms with Crippen LogP contribution in [0.1, 0.15) is 38.5 Å². The average Bonchev–Trinajstić information content (AvgIpc) is 2.75. The Kier molecular flexibility index (Phi) is 5.28. The molecule has 4 saturated carbocycles. The number of nitrogens with zero attached hydrogens (tertiary/aromatic N) is 3. The number of carbonyl (C=O) groups excluding carboxylic acids is 1. The van der Waals surface area contributed by atoms with Gasteiger partial charge in [0.25, 0.3) is 5.91 Å². The minimum absolute atomic E-state index is 0.0645. The summed E-state index contributed by atoms with van der Waals surface area (Å²) in [5.74, 6) is 2.27. The maximum Gasteiger partial charge on any atom is 0.354 e. The monoisotopic (exact) mass is 438 g/mol. The molecule has 3 N–H and O–H groups in total. The Morgan fingerprint density at radius 1 is 1.06 bits per heavy atom. The molecule has 4 bridgehead atoms. The van der Waals surface area contributed by atoms with Gasteiger partial charge in [0.2, 0.25) is 11.6 Å². The maximum atomic E-state index is 12.1. The molecule has 0 atom stereocenters. The Balaban J connectivity index is 1.27. The quantitative estimate of drug-likeness (QED) is 0.423. The van der Waals surface area contributed by atoms with Gasteiger partial charge in [0, 0.05) is 5.54 Å². The van der Waals surface area contributed by atoms with E-state index in [4.69, 9.17) is 4.74 Å². The van der Waals surface area contributed by atoms with Crippen LogP contribution in [0.2, 0.25) is 0 Å². The highest BCUT2D eigenvalue weighted by Gasteiger charge is 2.51. The van der Waals surface area contributed by atoms with Crippen LogP contribution >= 0.6 is 0 Å². The second-order valence-corrected chi connectivity index (χ2v) is 9.27. The zero-order chi connectivity index (χ0) is 22.1. The highest BCUT2D eigenvalue weighted by molar-refractivity contribution is 5.80. The van der Waals surface area contributed by atoms with Crippen LogP contribution in [-0.2, 0) is 4.79 Å². The lowest BCUT2D eigenvalue weighted by molar-refractivity contribution is -0.383. The lowest BCUT2D eigenvalue weighted by atomic mass is 9.53. The second-order valence-electron chi connectivity index (χ2n) is 9.27. The first-order valence-electron chi connectivity index (χ1n) is 11.0. The Morgan fingerprint density at radius 3 is 2.31 bits per heavy atom. The summed E-state index contributed by atoms with van der Waals surface area (Å²) in [6, 6.07) is 8.91. The van der Waals surface area contributed by atoms with Gasteiger partial charge in [-0.2, -0.15) is 0 Å². The summed E-state index contributed by atoms with van der Waals surface area (Å²) in [5.41, 5.74) is 4.57. The molecule has 0 aliphatic heterocycles. The summed E-state index contributed by atoms with van der Waals surface area (Å²) in [6.07, 6.45) is 8.16. The fourth-order valence-electron chi connectivity index (χ4n) is 6.08. The van der Waals surface area contributed by atoms with E-state index in [0.717, 1.165) is 19.3 Å². The molecule has 1 aromatic heterocycles. The van der Waals surface area contributed by atoms with Gasteiger partial charge >= 0.3 is 5.69 Å². The molecule has 4 aliphatic carbocycles. The van der Waals surface area contributed by atoms with Crippen molar-refractivity contribution in [3.8, 4) is 5.75 Å². The zero-order valence-electron chi connectivity index (χ0n) is 17.6. The Bertz CT molecular complexity index is 979. The van der Waals surface area contributed by atoms with Crippen molar-refractivity contribution in [2.45, 2.75) is 44.1 Å². The molecule has 0 spiro atoms. The number of aromatic nitrogens is 2. The molecule has 6 rings (SSSR count). The number of benzene rings is 1. The van der Waals surface area contributed by atoms with Gasteiger partial charge in [-0.3, -0.25) is 25.8 Å². The van der Waals surface area contributed by atoms with E-state index >= 15 is 0 Å². The van der Waals surface area contributed by atoms with Crippen molar-refractivity contribution in [2.75, 3.05) is 17.3 Å². The van der Waals surface area contributed by atoms with Gasteiger partial charge in [-0.1, -0.05) is 18.2 Å². The lowest BCUT2D eigenvalue weighted by Crippen LogP contribution is -2.55. The van der Waals surface area contributed by atoms with E-state index in [1.54, 1.807) is 24.3 Å². The topological polar surface area (TPSA) is 131 Å². The fraction of sp³-hybridized carbons (Fsp3) is 0.500. The normalized spacial score (nSPS) is 27.6. The third kappa shape index (κ3) is 4.17. The van der Waals surface area contributed by atoms with Gasteiger partial charge < -0.3 is 10.1 Å². The molecule has 0 unspecified atom stereocenters. The molecule has 0 radical (unpaired) electrons. The number of ether oxygens (including phenoxy) is 1. The van der Waals surface area contributed by atoms with Crippen LogP contribution in [0.3, 0.4) is 0 Å². The van der Waals surface area contributed by atoms with Crippen LogP contribution in [0.4, 0.5) is 17.3 Å². The summed E-state index contributed by atoms with van der Waals surface area (Å²) in [7, 11) is 0. The van der Waals surface area contributed by atoms with Crippen molar-refractivity contribution >= 4 is 23.2 Å². The molecule has 1 amide bonds. The predicted molar refractivity (Wildman–Crippen MR) is 117 cm³/mol. The van der Waals surface area contributed by atoms with Gasteiger partial charge in [-0.25, -0.2) is 9.97 Å². The molecule has 10 heteroatoms. The fourth-order valence-corrected chi connectivity index (χ4v) is 6.08. The van der Waals surface area contributed by atoms with Crippen molar-refractivity contribution in [1.82, 2.24) is 15.4 Å². The molecule has 0 saturated heterocycles. The number of hydrogen-bond donors (Lipinski definition) is 3. The number of nitro groups is 1. The van der Waals surface area contributed by atoms with Crippen molar-refractivity contribution in [3.63, 3.8) is 0 Å². The summed E-state index contributed by atoms with van der Waals surface area (Å²) >= 11 is 0. The molecule has 1 heterocycles. The summed E-state index contributed by atoms with van der Waals surface area (Å²) in [5, 5.41) is 15.3. The van der Waals surface area contributed by atoms with Crippen molar-refractivity contribution in [3.05, 3.63) is 46.8 Å². The molecule has 4 fully saturated rings. The first kappa shape index (κ1) is 20.5. The van der Waals surface area contributed by atoms with Crippen LogP contribution < -0.4 is 20.9 Å². The highest BCUT2D eigenvalue weighted by atomic mass is 16.6. The molecule has 32 heavy (non-hydrogen) atoms. The number of para-hydroxylation sites is 1. The molecule has 168 valence electrons. The Morgan fingerprint density at radius 2 is 1.69 bits per heavy atom. The van der Waals surface area contributed by atoms with Gasteiger partial charge in [-0.15, -0.1) is 0 Å². The smallest absolute Gasteiger partial charge is 0.354 e. The first-order chi connectivity index (χ1) is 15.5. The molecular formula is C22H26N6O4. The number of amides is 1. The van der Waals surface area contributed by atoms with E-state index in [1.165, 1.54) is 25.6 Å². The van der Waals surface area contributed by atoms with Crippen molar-refractivity contribution in [2.24, 2.45) is 17.8 Å². The van der Waals surface area contributed by atoms with E-state index in [0.29, 0.717) is 23.5 Å². The average molecular weight is 438 g/mol. The van der Waals surface area contributed by atoms with Crippen LogP contribution in [0.5, 0.6) is 5.75 Å². The minimum atomic E-state index is -0.516. The van der Waals surface area contributed by atoms with Crippen LogP contribution in [0.25, 0.3) is 0 Å². The summed E-state index contributed by atoms with van der Waals surface area (Å²) in [4.78, 5) is 31.7. The highest BCUT2D eigenvalue weighted by Crippen LogP contribution is 2.56. The number of hydrazine groups is 1. The molecule has 2 aromatic rings. The van der Waals surface area contributed by atoms with Gasteiger partial charge in [-0.05, 0) is 68.4 Å². The minimum Gasteiger partial charge on any atom is -0.484 e. The number of nitrogens with one attached hydrogen (secondary N) is 3. The molecule has 10 nitrogen and oxygen atoms in total. The molecular weight excluding hydrogens is 412 g/mol. The van der Waals surface area contributed by atoms with Crippen LogP contribution in [0, 0.1) is 27.9 Å². The van der Waals surface area contributed by atoms with Gasteiger partial charge in [0.15, 0.2) is 6.61 Å². The van der Waals surface area contributed by atoms with E-state index < -0.39 is 10.8 Å². The number of rotatable bonds is 8. The van der Waals surface area contributed by atoms with Gasteiger partial charge in [0.1, 0.15) is 12.1 Å². The Labute approximate surface area is 185 Å². The standard InChI is InChI=1S/C22H26N6O4/c29-18(12-32-17-4-2-1-3-5-17)26-27-21-19(28(30)31)20(23-13-24-21)25-22-9-14-6-15(10-22)8-16(7-14)11-22/h1-5,13-16H,6-12H2,(H,26,29)(H2,23,24,25,27). The van der Waals surface area contributed by atoms with E-state index in [-0.39, 0.29) is 29.5 Å². The summed E-state index contributed by atoms with van der Waals surface area (Å²) < 4.78 is 5.39. The predicted octanol–water partition coefficient (Wildman–Crippen LogP) is 3.29. The van der Waals surface area contributed by atoms with Crippen LogP contribution in [0.15, 0.2) is 36.7 Å². The number of hydrogen-bond acceptors (Lipinski definition) is 8. The molecule has 4 aliphatic rings. The second kappa shape index (κ2) is 8.25. The number of carbonyl (C=O) groups is 1. The van der Waals surface area contributed by atoms with E-state index in [2.05, 4.69) is 26.1 Å². The molecule has 1 aromatic carbocycles. The third-order valence-corrected chi connectivity index (χ3v) is 6.86. The van der Waals surface area contributed by atoms with E-state index in [1.807, 2.05) is 6.07 Å². The largest absolute Gasteiger partial charge is 0.484 e. The van der Waals surface area contributed by atoms with Crippen molar-refractivity contribution < 1.29 is 14.5 Å². The Hall–Kier alpha value is -3.43. The first-order valence-corrected chi connectivity index (χ1v) is 11.0. The third-order valence-electron chi connectivity index (χ3n) is 6.86. The van der Waals surface area contributed by atoms with Gasteiger partial charge in [0.05, 0.1) is 4.92 Å². The lowest BCUT2D eigenvalue weighted by Gasteiger charge is -2.57. The summed E-state index contributed by atoms with van der Waals surface area (Å²) in [6.45, 7) is -0.242. The SMILES string of the molecule is O=C(COc1ccccc1)NNc1ncnc(NC23CC4CC(CC(C4)C2)C3)c1[N+](=O)[O-]. The van der Waals surface area contributed by atoms with Crippen molar-refractivity contribution in [1.29, 1.82) is 0 Å².